The maximum absolute atomic E-state index is 9.28. The number of nitrogens with zero attached hydrogens (tertiary/aromatic N) is 1. The maximum Gasteiger partial charge on any atom is 0.0471 e. The van der Waals surface area contributed by atoms with Crippen molar-refractivity contribution in [3.05, 3.63) is 0 Å². The van der Waals surface area contributed by atoms with Gasteiger partial charge >= 0.3 is 0 Å². The molecule has 2 nitrogen and oxygen atoms in total. The monoisotopic (exact) mass is 225 g/mol. The van der Waals surface area contributed by atoms with Crippen LogP contribution >= 0.6 is 0 Å². The van der Waals surface area contributed by atoms with Crippen molar-refractivity contribution in [2.24, 2.45) is 11.8 Å². The molecule has 2 aliphatic rings. The van der Waals surface area contributed by atoms with Crippen LogP contribution in [0.3, 0.4) is 0 Å². The molecule has 3 unspecified atom stereocenters. The lowest BCUT2D eigenvalue weighted by atomic mass is 9.82. The number of hydrogen-bond acceptors (Lipinski definition) is 2. The van der Waals surface area contributed by atoms with Crippen molar-refractivity contribution >= 4 is 0 Å². The van der Waals surface area contributed by atoms with E-state index >= 15 is 0 Å². The molecule has 2 rings (SSSR count). The minimum absolute atomic E-state index is 0.389. The topological polar surface area (TPSA) is 23.5 Å². The van der Waals surface area contributed by atoms with Gasteiger partial charge in [0, 0.05) is 19.2 Å². The first kappa shape index (κ1) is 12.4. The maximum atomic E-state index is 9.28. The Hall–Kier alpha value is -0.0800. The highest BCUT2D eigenvalue weighted by Gasteiger charge is 2.29. The molecule has 0 radical (unpaired) electrons. The third kappa shape index (κ3) is 2.98. The summed E-state index contributed by atoms with van der Waals surface area (Å²) in [6, 6.07) is 0.827. The van der Waals surface area contributed by atoms with Gasteiger partial charge in [0.1, 0.15) is 0 Å². The molecule has 1 aliphatic heterocycles. The van der Waals surface area contributed by atoms with E-state index in [1.165, 1.54) is 51.5 Å². The summed E-state index contributed by atoms with van der Waals surface area (Å²) < 4.78 is 0. The zero-order valence-corrected chi connectivity index (χ0v) is 10.7. The number of hydrogen-bond donors (Lipinski definition) is 1. The molecule has 1 aliphatic carbocycles. The fourth-order valence-corrected chi connectivity index (χ4v) is 3.54. The Kier molecular flexibility index (Phi) is 4.66. The van der Waals surface area contributed by atoms with E-state index in [2.05, 4.69) is 11.8 Å². The zero-order valence-electron chi connectivity index (χ0n) is 10.7. The van der Waals surface area contributed by atoms with E-state index in [4.69, 9.17) is 0 Å². The van der Waals surface area contributed by atoms with E-state index in [0.717, 1.165) is 18.5 Å². The minimum atomic E-state index is 0.389. The number of piperidine rings is 1. The van der Waals surface area contributed by atoms with Gasteiger partial charge in [0.25, 0.3) is 0 Å². The van der Waals surface area contributed by atoms with Gasteiger partial charge in [0.2, 0.25) is 0 Å². The molecular weight excluding hydrogens is 198 g/mol. The first-order valence-corrected chi connectivity index (χ1v) is 7.18. The smallest absolute Gasteiger partial charge is 0.0471 e. The third-order valence-corrected chi connectivity index (χ3v) is 4.66. The average molecular weight is 225 g/mol. The molecule has 0 aromatic carbocycles. The second kappa shape index (κ2) is 6.02. The summed E-state index contributed by atoms with van der Waals surface area (Å²) in [5.41, 5.74) is 0. The van der Waals surface area contributed by atoms with Gasteiger partial charge in [-0.3, -0.25) is 0 Å². The van der Waals surface area contributed by atoms with E-state index in [0.29, 0.717) is 12.5 Å². The highest BCUT2D eigenvalue weighted by Crippen LogP contribution is 2.31. The zero-order chi connectivity index (χ0) is 11.4. The fourth-order valence-electron chi connectivity index (χ4n) is 3.54. The Morgan fingerprint density at radius 3 is 2.69 bits per heavy atom. The molecule has 0 aromatic heterocycles. The van der Waals surface area contributed by atoms with Crippen molar-refractivity contribution in [3.63, 3.8) is 0 Å². The molecule has 0 bridgehead atoms. The SMILES string of the molecule is CCC1CCCC(N2CCCC(CO)C2)C1. The molecule has 1 N–H and O–H groups in total. The summed E-state index contributed by atoms with van der Waals surface area (Å²) in [5.74, 6) is 1.52. The van der Waals surface area contributed by atoms with E-state index in [1.54, 1.807) is 0 Å². The van der Waals surface area contributed by atoms with E-state index in [9.17, 15) is 5.11 Å². The second-order valence-corrected chi connectivity index (χ2v) is 5.78. The predicted octanol–water partition coefficient (Wildman–Crippen LogP) is 2.66. The normalized spacial score (nSPS) is 37.5. The van der Waals surface area contributed by atoms with Crippen LogP contribution in [0.5, 0.6) is 0 Å². The Bertz CT molecular complexity index is 185. The van der Waals surface area contributed by atoms with Crippen molar-refractivity contribution in [1.29, 1.82) is 0 Å². The van der Waals surface area contributed by atoms with Gasteiger partial charge in [-0.25, -0.2) is 0 Å². The van der Waals surface area contributed by atoms with Crippen molar-refractivity contribution in [2.45, 2.75) is 57.9 Å². The van der Waals surface area contributed by atoms with Crippen molar-refractivity contribution in [1.82, 2.24) is 4.90 Å². The Morgan fingerprint density at radius 1 is 1.12 bits per heavy atom. The molecule has 3 atom stereocenters. The van der Waals surface area contributed by atoms with E-state index < -0.39 is 0 Å². The van der Waals surface area contributed by atoms with Gasteiger partial charge in [0.15, 0.2) is 0 Å². The van der Waals surface area contributed by atoms with Crippen molar-refractivity contribution in [2.75, 3.05) is 19.7 Å². The summed E-state index contributed by atoms with van der Waals surface area (Å²) in [6.45, 7) is 5.15. The molecule has 0 amide bonds. The Balaban J connectivity index is 1.85. The fraction of sp³-hybridized carbons (Fsp3) is 1.00. The molecular formula is C14H27NO. The molecule has 1 saturated carbocycles. The van der Waals surface area contributed by atoms with Gasteiger partial charge in [-0.15, -0.1) is 0 Å². The van der Waals surface area contributed by atoms with E-state index in [-0.39, 0.29) is 0 Å². The van der Waals surface area contributed by atoms with Crippen LogP contribution in [0.4, 0.5) is 0 Å². The molecule has 2 heteroatoms. The van der Waals surface area contributed by atoms with Crippen LogP contribution in [0, 0.1) is 11.8 Å². The summed E-state index contributed by atoms with van der Waals surface area (Å²) in [5, 5.41) is 9.28. The van der Waals surface area contributed by atoms with Gasteiger partial charge in [-0.1, -0.05) is 26.2 Å². The summed E-state index contributed by atoms with van der Waals surface area (Å²) in [4.78, 5) is 2.67. The predicted molar refractivity (Wildman–Crippen MR) is 67.4 cm³/mol. The van der Waals surface area contributed by atoms with Gasteiger partial charge in [-0.2, -0.15) is 0 Å². The molecule has 0 aromatic rings. The average Bonchev–Trinajstić information content (AvgIpc) is 2.39. The number of rotatable bonds is 3. The quantitative estimate of drug-likeness (QED) is 0.798. The second-order valence-electron chi connectivity index (χ2n) is 5.78. The molecule has 1 saturated heterocycles. The van der Waals surface area contributed by atoms with Crippen LogP contribution in [0.15, 0.2) is 0 Å². The standard InChI is InChI=1S/C14H27NO/c1-2-12-5-3-7-14(9-12)15-8-4-6-13(10-15)11-16/h12-14,16H,2-11H2,1H3. The number of aliphatic hydroxyl groups is 1. The van der Waals surface area contributed by atoms with Crippen LogP contribution in [-0.4, -0.2) is 35.7 Å². The van der Waals surface area contributed by atoms with Gasteiger partial charge in [0.05, 0.1) is 0 Å². The third-order valence-electron chi connectivity index (χ3n) is 4.66. The minimum Gasteiger partial charge on any atom is -0.396 e. The largest absolute Gasteiger partial charge is 0.396 e. The Morgan fingerprint density at radius 2 is 1.94 bits per heavy atom. The summed E-state index contributed by atoms with van der Waals surface area (Å²) >= 11 is 0. The van der Waals surface area contributed by atoms with Gasteiger partial charge in [-0.05, 0) is 44.1 Å². The summed E-state index contributed by atoms with van der Waals surface area (Å²) in [6.07, 6.45) is 9.56. The van der Waals surface area contributed by atoms with Crippen LogP contribution in [0.2, 0.25) is 0 Å². The number of aliphatic hydroxyl groups excluding tert-OH is 1. The lowest BCUT2D eigenvalue weighted by Crippen LogP contribution is -2.45. The van der Waals surface area contributed by atoms with E-state index in [1.807, 2.05) is 0 Å². The lowest BCUT2D eigenvalue weighted by molar-refractivity contribution is 0.0605. The van der Waals surface area contributed by atoms with Crippen LogP contribution in [0.1, 0.15) is 51.9 Å². The Labute approximate surface area is 100 Å². The first-order valence-electron chi connectivity index (χ1n) is 7.18. The van der Waals surface area contributed by atoms with Crippen LogP contribution in [0.25, 0.3) is 0 Å². The highest BCUT2D eigenvalue weighted by atomic mass is 16.3. The molecule has 0 spiro atoms. The molecule has 2 fully saturated rings. The molecule has 94 valence electrons. The molecule has 16 heavy (non-hydrogen) atoms. The number of likely N-dealkylation sites (tertiary alicyclic amines) is 1. The lowest BCUT2D eigenvalue weighted by Gasteiger charge is -2.41. The van der Waals surface area contributed by atoms with Crippen LogP contribution < -0.4 is 0 Å². The van der Waals surface area contributed by atoms with Gasteiger partial charge < -0.3 is 10.0 Å². The summed E-state index contributed by atoms with van der Waals surface area (Å²) in [7, 11) is 0. The molecule has 1 heterocycles. The van der Waals surface area contributed by atoms with Crippen molar-refractivity contribution < 1.29 is 5.11 Å². The van der Waals surface area contributed by atoms with Crippen LogP contribution in [-0.2, 0) is 0 Å². The van der Waals surface area contributed by atoms with Crippen molar-refractivity contribution in [3.8, 4) is 0 Å². The highest BCUT2D eigenvalue weighted by molar-refractivity contribution is 4.83. The first-order chi connectivity index (χ1) is 7.83.